The molecule has 1 aliphatic rings. The van der Waals surface area contributed by atoms with Crippen molar-refractivity contribution in [2.75, 3.05) is 7.11 Å². The van der Waals surface area contributed by atoms with Gasteiger partial charge in [0.05, 0.1) is 25.0 Å². The SMILES string of the molecule is COc1ccc(C2=CCC([Si](C)(C)C)S2(=O)=O)cc1. The summed E-state index contributed by atoms with van der Waals surface area (Å²) in [5, 5.41) is 0. The standard InChI is InChI=1S/C14H20O3SSi/c1-17-12-7-5-11(6-8-12)13-9-10-14(18(13,15)16)19(2,3)4/h5-9,14H,10H2,1-4H3. The third-order valence-electron chi connectivity index (χ3n) is 3.54. The van der Waals surface area contributed by atoms with Crippen molar-refractivity contribution >= 4 is 22.8 Å². The molecule has 0 bridgehead atoms. The molecule has 0 aromatic heterocycles. The third-order valence-corrected chi connectivity index (χ3v) is 10.7. The zero-order chi connectivity index (χ0) is 14.3. The summed E-state index contributed by atoms with van der Waals surface area (Å²) in [6.45, 7) is 6.33. The van der Waals surface area contributed by atoms with E-state index in [9.17, 15) is 8.42 Å². The minimum Gasteiger partial charge on any atom is -0.497 e. The highest BCUT2D eigenvalue weighted by molar-refractivity contribution is 8.03. The van der Waals surface area contributed by atoms with E-state index in [1.54, 1.807) is 19.2 Å². The van der Waals surface area contributed by atoms with E-state index in [1.807, 2.05) is 18.2 Å². The number of benzene rings is 1. The largest absolute Gasteiger partial charge is 0.497 e. The van der Waals surface area contributed by atoms with Crippen LogP contribution >= 0.6 is 0 Å². The molecule has 0 spiro atoms. The first-order valence-corrected chi connectivity index (χ1v) is 11.5. The second-order valence-electron chi connectivity index (χ2n) is 5.93. The number of methoxy groups -OCH3 is 1. The molecule has 3 nitrogen and oxygen atoms in total. The van der Waals surface area contributed by atoms with E-state index >= 15 is 0 Å². The Bertz CT molecular complexity index is 595. The summed E-state index contributed by atoms with van der Waals surface area (Å²) < 4.78 is 30.4. The monoisotopic (exact) mass is 296 g/mol. The van der Waals surface area contributed by atoms with E-state index in [2.05, 4.69) is 19.6 Å². The normalized spacial score (nSPS) is 22.1. The van der Waals surface area contributed by atoms with E-state index in [4.69, 9.17) is 4.74 Å². The molecule has 1 aromatic carbocycles. The Kier molecular flexibility index (Phi) is 3.62. The van der Waals surface area contributed by atoms with Gasteiger partial charge in [-0.1, -0.05) is 37.8 Å². The van der Waals surface area contributed by atoms with Crippen LogP contribution in [0.2, 0.25) is 19.6 Å². The second-order valence-corrected chi connectivity index (χ2v) is 13.9. The number of allylic oxidation sites excluding steroid dienone is 1. The van der Waals surface area contributed by atoms with Gasteiger partial charge in [-0.25, -0.2) is 8.42 Å². The number of hydrogen-bond acceptors (Lipinski definition) is 3. The summed E-state index contributed by atoms with van der Waals surface area (Å²) >= 11 is 0. The summed E-state index contributed by atoms with van der Waals surface area (Å²) in [5.74, 6) is 0.737. The Balaban J connectivity index is 2.37. The quantitative estimate of drug-likeness (QED) is 0.805. The van der Waals surface area contributed by atoms with Crippen molar-refractivity contribution in [1.82, 2.24) is 0 Å². The lowest BCUT2D eigenvalue weighted by Gasteiger charge is -2.24. The van der Waals surface area contributed by atoms with Crippen LogP contribution in [0.5, 0.6) is 5.75 Å². The molecular weight excluding hydrogens is 276 g/mol. The fourth-order valence-electron chi connectivity index (χ4n) is 2.47. The predicted octanol–water partition coefficient (Wildman–Crippen LogP) is 3.10. The minimum atomic E-state index is -3.18. The molecule has 0 fully saturated rings. The van der Waals surface area contributed by atoms with Crippen LogP contribution < -0.4 is 4.74 Å². The molecule has 1 heterocycles. The molecule has 0 aliphatic carbocycles. The lowest BCUT2D eigenvalue weighted by molar-refractivity contribution is 0.415. The molecule has 5 heteroatoms. The van der Waals surface area contributed by atoms with E-state index in [0.717, 1.165) is 11.3 Å². The lowest BCUT2D eigenvalue weighted by atomic mass is 10.2. The maximum atomic E-state index is 12.6. The van der Waals surface area contributed by atoms with Crippen LogP contribution in [0.4, 0.5) is 0 Å². The minimum absolute atomic E-state index is 0.197. The average molecular weight is 296 g/mol. The van der Waals surface area contributed by atoms with Crippen LogP contribution in [0.15, 0.2) is 30.3 Å². The molecule has 0 saturated heterocycles. The van der Waals surface area contributed by atoms with Gasteiger partial charge >= 0.3 is 0 Å². The van der Waals surface area contributed by atoms with Gasteiger partial charge in [-0.05, 0) is 24.1 Å². The number of sulfone groups is 1. The molecule has 19 heavy (non-hydrogen) atoms. The van der Waals surface area contributed by atoms with E-state index in [0.29, 0.717) is 11.3 Å². The van der Waals surface area contributed by atoms with Gasteiger partial charge in [0, 0.05) is 0 Å². The summed E-state index contributed by atoms with van der Waals surface area (Å²) in [7, 11) is -3.29. The van der Waals surface area contributed by atoms with Gasteiger partial charge in [-0.15, -0.1) is 0 Å². The summed E-state index contributed by atoms with van der Waals surface area (Å²) in [6.07, 6.45) is 2.53. The van der Waals surface area contributed by atoms with E-state index in [-0.39, 0.29) is 4.87 Å². The molecule has 0 radical (unpaired) electrons. The maximum absolute atomic E-state index is 12.6. The fraction of sp³-hybridized carbons (Fsp3) is 0.429. The highest BCUT2D eigenvalue weighted by Crippen LogP contribution is 2.37. The van der Waals surface area contributed by atoms with Crippen molar-refractivity contribution in [2.45, 2.75) is 30.9 Å². The highest BCUT2D eigenvalue weighted by Gasteiger charge is 2.43. The van der Waals surface area contributed by atoms with Crippen molar-refractivity contribution in [3.05, 3.63) is 35.9 Å². The predicted molar refractivity (Wildman–Crippen MR) is 81.6 cm³/mol. The summed E-state index contributed by atoms with van der Waals surface area (Å²) in [4.78, 5) is 0.291. The van der Waals surface area contributed by atoms with Crippen LogP contribution in [-0.4, -0.2) is 28.5 Å². The first-order valence-electron chi connectivity index (χ1n) is 6.35. The molecule has 2 rings (SSSR count). The van der Waals surface area contributed by atoms with Gasteiger partial charge in [0.15, 0.2) is 9.84 Å². The van der Waals surface area contributed by atoms with Crippen LogP contribution in [-0.2, 0) is 9.84 Å². The van der Waals surface area contributed by atoms with Gasteiger partial charge in [0.25, 0.3) is 0 Å². The van der Waals surface area contributed by atoms with Gasteiger partial charge in [0.1, 0.15) is 5.75 Å². The Hall–Kier alpha value is -1.07. The Morgan fingerprint density at radius 1 is 1.16 bits per heavy atom. The Morgan fingerprint density at radius 2 is 1.74 bits per heavy atom. The Labute approximate surface area is 116 Å². The molecule has 0 N–H and O–H groups in total. The zero-order valence-electron chi connectivity index (χ0n) is 11.8. The molecular formula is C14H20O3SSi. The first kappa shape index (κ1) is 14.3. The van der Waals surface area contributed by atoms with Crippen LogP contribution in [0.3, 0.4) is 0 Å². The van der Waals surface area contributed by atoms with E-state index in [1.165, 1.54) is 0 Å². The second kappa shape index (κ2) is 4.79. The van der Waals surface area contributed by atoms with Gasteiger partial charge in [-0.2, -0.15) is 0 Å². The maximum Gasteiger partial charge on any atom is 0.179 e. The van der Waals surface area contributed by atoms with Crippen molar-refractivity contribution in [2.24, 2.45) is 0 Å². The third kappa shape index (κ3) is 2.62. The lowest BCUT2D eigenvalue weighted by Crippen LogP contribution is -2.41. The Morgan fingerprint density at radius 3 is 2.16 bits per heavy atom. The molecule has 0 saturated carbocycles. The molecule has 104 valence electrons. The summed E-state index contributed by atoms with van der Waals surface area (Å²) in [6, 6.07) is 7.23. The van der Waals surface area contributed by atoms with Gasteiger partial charge < -0.3 is 4.74 Å². The first-order chi connectivity index (χ1) is 8.76. The number of rotatable bonds is 3. The fourth-order valence-corrected chi connectivity index (χ4v) is 8.85. The molecule has 1 atom stereocenters. The van der Waals surface area contributed by atoms with Crippen LogP contribution in [0.1, 0.15) is 12.0 Å². The van der Waals surface area contributed by atoms with E-state index < -0.39 is 17.9 Å². The molecule has 0 amide bonds. The van der Waals surface area contributed by atoms with Crippen molar-refractivity contribution in [3.63, 3.8) is 0 Å². The van der Waals surface area contributed by atoms with Crippen LogP contribution in [0.25, 0.3) is 4.91 Å². The average Bonchev–Trinajstić information content (AvgIpc) is 2.64. The number of ether oxygens (including phenoxy) is 1. The van der Waals surface area contributed by atoms with Crippen molar-refractivity contribution in [1.29, 1.82) is 0 Å². The van der Waals surface area contributed by atoms with Gasteiger partial charge in [0.2, 0.25) is 0 Å². The van der Waals surface area contributed by atoms with Crippen molar-refractivity contribution in [3.8, 4) is 5.75 Å². The van der Waals surface area contributed by atoms with Crippen molar-refractivity contribution < 1.29 is 13.2 Å². The smallest absolute Gasteiger partial charge is 0.179 e. The number of hydrogen-bond donors (Lipinski definition) is 0. The van der Waals surface area contributed by atoms with Gasteiger partial charge in [-0.3, -0.25) is 0 Å². The zero-order valence-corrected chi connectivity index (χ0v) is 13.6. The summed E-state index contributed by atoms with van der Waals surface area (Å²) in [5.41, 5.74) is 0.765. The van der Waals surface area contributed by atoms with Crippen LogP contribution in [0, 0.1) is 0 Å². The molecule has 1 aliphatic heterocycles. The molecule has 1 unspecified atom stereocenters. The highest BCUT2D eigenvalue weighted by atomic mass is 32.2. The topological polar surface area (TPSA) is 43.4 Å². The molecule has 1 aromatic rings.